The van der Waals surface area contributed by atoms with Crippen LogP contribution in [0.3, 0.4) is 0 Å². The molecule has 0 aliphatic heterocycles. The second-order valence-electron chi connectivity index (χ2n) is 2.18. The summed E-state index contributed by atoms with van der Waals surface area (Å²) >= 11 is 1.70. The van der Waals surface area contributed by atoms with E-state index in [0.29, 0.717) is 0 Å². The first-order valence-electron chi connectivity index (χ1n) is 3.21. The molecule has 0 amide bonds. The summed E-state index contributed by atoms with van der Waals surface area (Å²) in [6.45, 7) is 2.06. The van der Waals surface area contributed by atoms with Gasteiger partial charge in [-0.25, -0.2) is 0 Å². The topological polar surface area (TPSA) is 55.7 Å². The van der Waals surface area contributed by atoms with E-state index in [1.807, 2.05) is 11.4 Å². The van der Waals surface area contributed by atoms with Crippen molar-refractivity contribution in [3.8, 4) is 11.4 Å². The molecule has 0 radical (unpaired) electrons. The van der Waals surface area contributed by atoms with Crippen LogP contribution < -0.4 is 5.10 Å². The number of aromatic amines is 2. The molecule has 2 N–H and O–H groups in total. The Hall–Kier alpha value is -1.23. The number of tetrazole rings is 1. The summed E-state index contributed by atoms with van der Waals surface area (Å²) in [5.41, 5.74) is 1.11. The van der Waals surface area contributed by atoms with Gasteiger partial charge in [0.25, 0.3) is 0 Å². The van der Waals surface area contributed by atoms with Crippen molar-refractivity contribution in [2.45, 2.75) is 6.92 Å². The molecule has 0 saturated carbocycles. The third-order valence-corrected chi connectivity index (χ3v) is 2.33. The molecule has 0 bridgehead atoms. The number of aryl methyl sites for hydroxylation is 1. The normalized spacial score (nSPS) is 10.3. The van der Waals surface area contributed by atoms with Crippen LogP contribution >= 0.6 is 11.3 Å². The lowest BCUT2D eigenvalue weighted by Crippen LogP contribution is -2.05. The molecule has 4 nitrogen and oxygen atoms in total. The SMILES string of the molecule is Cc1sccc1-c1nn[nH][nH+]1. The molecule has 56 valence electrons. The van der Waals surface area contributed by atoms with Gasteiger partial charge in [0.1, 0.15) is 5.10 Å². The fraction of sp³-hybridized carbons (Fsp3) is 0.167. The van der Waals surface area contributed by atoms with Crippen LogP contribution in [0.25, 0.3) is 11.4 Å². The number of thiophene rings is 1. The highest BCUT2D eigenvalue weighted by atomic mass is 32.1. The van der Waals surface area contributed by atoms with Crippen LogP contribution in [0.4, 0.5) is 0 Å². The molecule has 2 heterocycles. The minimum Gasteiger partial charge on any atom is -0.172 e. The maximum Gasteiger partial charge on any atom is 0.330 e. The van der Waals surface area contributed by atoms with E-state index in [0.717, 1.165) is 11.4 Å². The molecular weight excluding hydrogens is 160 g/mol. The van der Waals surface area contributed by atoms with Gasteiger partial charge in [0.2, 0.25) is 0 Å². The Kier molecular flexibility index (Phi) is 1.43. The quantitative estimate of drug-likeness (QED) is 0.678. The Balaban J connectivity index is 2.53. The predicted molar refractivity (Wildman–Crippen MR) is 41.0 cm³/mol. The van der Waals surface area contributed by atoms with E-state index in [4.69, 9.17) is 0 Å². The number of nitrogens with one attached hydrogen (secondary N) is 2. The summed E-state index contributed by atoms with van der Waals surface area (Å²) < 4.78 is 0. The van der Waals surface area contributed by atoms with Crippen molar-refractivity contribution >= 4 is 11.3 Å². The molecule has 5 heteroatoms. The van der Waals surface area contributed by atoms with Crippen LogP contribution in [0.5, 0.6) is 0 Å². The Labute approximate surface area is 67.3 Å². The number of aromatic nitrogens is 4. The van der Waals surface area contributed by atoms with Crippen molar-refractivity contribution in [2.24, 2.45) is 0 Å². The Bertz CT molecular complexity index is 337. The van der Waals surface area contributed by atoms with Crippen LogP contribution in [0.1, 0.15) is 4.88 Å². The van der Waals surface area contributed by atoms with Gasteiger partial charge in [0, 0.05) is 4.88 Å². The number of hydrogen-bond acceptors (Lipinski definition) is 3. The number of rotatable bonds is 1. The van der Waals surface area contributed by atoms with Crippen LogP contribution in [-0.2, 0) is 0 Å². The first kappa shape index (κ1) is 6.48. The molecule has 0 aliphatic rings. The Morgan fingerprint density at radius 1 is 1.64 bits per heavy atom. The highest BCUT2D eigenvalue weighted by Gasteiger charge is 2.12. The maximum absolute atomic E-state index is 3.87. The Morgan fingerprint density at radius 2 is 2.55 bits per heavy atom. The predicted octanol–water partition coefficient (Wildman–Crippen LogP) is 0.656. The van der Waals surface area contributed by atoms with E-state index in [2.05, 4.69) is 27.5 Å². The van der Waals surface area contributed by atoms with Crippen LogP contribution in [0.2, 0.25) is 0 Å². The van der Waals surface area contributed by atoms with E-state index < -0.39 is 0 Å². The molecule has 2 rings (SSSR count). The van der Waals surface area contributed by atoms with Gasteiger partial charge in [0.05, 0.1) is 5.56 Å². The number of H-pyrrole nitrogens is 2. The lowest BCUT2D eigenvalue weighted by molar-refractivity contribution is -0.444. The third-order valence-electron chi connectivity index (χ3n) is 1.49. The molecule has 11 heavy (non-hydrogen) atoms. The van der Waals surface area contributed by atoms with Gasteiger partial charge >= 0.3 is 5.82 Å². The van der Waals surface area contributed by atoms with Gasteiger partial charge < -0.3 is 0 Å². The summed E-state index contributed by atoms with van der Waals surface area (Å²) in [6.07, 6.45) is 0. The van der Waals surface area contributed by atoms with Gasteiger partial charge in [0.15, 0.2) is 5.21 Å². The highest BCUT2D eigenvalue weighted by Crippen LogP contribution is 2.21. The van der Waals surface area contributed by atoms with Gasteiger partial charge in [-0.15, -0.1) is 11.3 Å². The molecular formula is C6H7N4S+. The average Bonchev–Trinajstić information content (AvgIpc) is 2.55. The lowest BCUT2D eigenvalue weighted by Gasteiger charge is -1.83. The summed E-state index contributed by atoms with van der Waals surface area (Å²) in [4.78, 5) is 1.25. The van der Waals surface area contributed by atoms with Crippen LogP contribution in [-0.4, -0.2) is 15.5 Å². The van der Waals surface area contributed by atoms with Gasteiger partial charge in [-0.1, -0.05) is 5.21 Å². The number of nitrogens with zero attached hydrogens (tertiary/aromatic N) is 2. The monoisotopic (exact) mass is 167 g/mol. The Morgan fingerprint density at radius 3 is 3.09 bits per heavy atom. The zero-order valence-corrected chi connectivity index (χ0v) is 6.77. The summed E-state index contributed by atoms with van der Waals surface area (Å²) in [5.74, 6) is 0.795. The van der Waals surface area contributed by atoms with Crippen molar-refractivity contribution in [2.75, 3.05) is 0 Å². The lowest BCUT2D eigenvalue weighted by atomic mass is 10.2. The van der Waals surface area contributed by atoms with Crippen molar-refractivity contribution in [1.82, 2.24) is 15.5 Å². The highest BCUT2D eigenvalue weighted by molar-refractivity contribution is 7.10. The van der Waals surface area contributed by atoms with Crippen molar-refractivity contribution in [3.63, 3.8) is 0 Å². The molecule has 0 aliphatic carbocycles. The zero-order chi connectivity index (χ0) is 7.68. The first-order valence-corrected chi connectivity index (χ1v) is 4.09. The first-order chi connectivity index (χ1) is 5.38. The van der Waals surface area contributed by atoms with E-state index in [1.54, 1.807) is 11.3 Å². The maximum atomic E-state index is 3.87. The largest absolute Gasteiger partial charge is 0.330 e. The molecule has 2 aromatic rings. The zero-order valence-electron chi connectivity index (χ0n) is 5.96. The standard InChI is InChI=1S/C6H6N4S/c1-4-5(2-3-11-4)6-7-9-10-8-6/h2-3H,1H3,(H,7,8,9,10)/p+1. The molecule has 0 unspecified atom stereocenters. The summed E-state index contributed by atoms with van der Waals surface area (Å²) in [5, 5.41) is 14.9. The second-order valence-corrected chi connectivity index (χ2v) is 3.30. The van der Waals surface area contributed by atoms with Crippen molar-refractivity contribution in [1.29, 1.82) is 0 Å². The van der Waals surface area contributed by atoms with Crippen molar-refractivity contribution < 1.29 is 5.10 Å². The minimum absolute atomic E-state index is 0.795. The second kappa shape index (κ2) is 2.43. The molecule has 0 atom stereocenters. The minimum atomic E-state index is 0.795. The molecule has 0 spiro atoms. The van der Waals surface area contributed by atoms with E-state index in [-0.39, 0.29) is 0 Å². The summed E-state index contributed by atoms with van der Waals surface area (Å²) in [7, 11) is 0. The average molecular weight is 167 g/mol. The summed E-state index contributed by atoms with van der Waals surface area (Å²) in [6, 6.07) is 2.02. The molecule has 0 aromatic carbocycles. The fourth-order valence-corrected chi connectivity index (χ4v) is 1.63. The van der Waals surface area contributed by atoms with Gasteiger partial charge in [-0.05, 0) is 18.4 Å². The van der Waals surface area contributed by atoms with Crippen LogP contribution in [0, 0.1) is 6.92 Å². The fourth-order valence-electron chi connectivity index (χ4n) is 0.930. The smallest absolute Gasteiger partial charge is 0.172 e. The molecule has 0 saturated heterocycles. The van der Waals surface area contributed by atoms with Crippen molar-refractivity contribution in [3.05, 3.63) is 16.3 Å². The van der Waals surface area contributed by atoms with Gasteiger partial charge in [-0.2, -0.15) is 5.10 Å². The number of hydrogen-bond donors (Lipinski definition) is 1. The van der Waals surface area contributed by atoms with Gasteiger partial charge in [-0.3, -0.25) is 0 Å². The van der Waals surface area contributed by atoms with E-state index in [9.17, 15) is 0 Å². The van der Waals surface area contributed by atoms with E-state index in [1.165, 1.54) is 4.88 Å². The third kappa shape index (κ3) is 1.03. The molecule has 0 fully saturated rings. The molecule has 2 aromatic heterocycles. The van der Waals surface area contributed by atoms with E-state index >= 15 is 0 Å². The van der Waals surface area contributed by atoms with Crippen LogP contribution in [0.15, 0.2) is 11.4 Å².